The van der Waals surface area contributed by atoms with Crippen molar-refractivity contribution >= 4 is 29.5 Å². The lowest BCUT2D eigenvalue weighted by Crippen LogP contribution is -2.04. The lowest BCUT2D eigenvalue weighted by molar-refractivity contribution is 0.112. The number of hydrogen-bond acceptors (Lipinski definition) is 3. The fourth-order valence-corrected chi connectivity index (χ4v) is 1.67. The summed E-state index contributed by atoms with van der Waals surface area (Å²) < 4.78 is 10.4. The third-order valence-corrected chi connectivity index (χ3v) is 2.63. The van der Waals surface area contributed by atoms with Gasteiger partial charge in [-0.3, -0.25) is 4.79 Å². The zero-order valence-corrected chi connectivity index (χ0v) is 9.22. The molecule has 1 aliphatic heterocycles. The van der Waals surface area contributed by atoms with Crippen LogP contribution in [0.1, 0.15) is 10.4 Å². The number of halogens is 2. The Morgan fingerprint density at radius 1 is 1.47 bits per heavy atom. The van der Waals surface area contributed by atoms with Crippen LogP contribution in [0, 0.1) is 0 Å². The lowest BCUT2D eigenvalue weighted by atomic mass is 10.2. The van der Waals surface area contributed by atoms with E-state index in [-0.39, 0.29) is 11.7 Å². The van der Waals surface area contributed by atoms with Gasteiger partial charge in [-0.05, 0) is 12.1 Å². The van der Waals surface area contributed by atoms with Gasteiger partial charge in [0.05, 0.1) is 22.2 Å². The molecule has 1 unspecified atom stereocenters. The molecule has 0 aromatic heterocycles. The van der Waals surface area contributed by atoms with Crippen LogP contribution >= 0.6 is 23.2 Å². The van der Waals surface area contributed by atoms with Gasteiger partial charge in [0.15, 0.2) is 6.29 Å². The van der Waals surface area contributed by atoms with Gasteiger partial charge in [-0.1, -0.05) is 23.2 Å². The number of carbonyl (C=O) groups excluding carboxylic acids is 1. The average molecular weight is 247 g/mol. The second-order valence-electron chi connectivity index (χ2n) is 3.18. The molecule has 3 nitrogen and oxygen atoms in total. The smallest absolute Gasteiger partial charge is 0.153 e. The standard InChI is InChI=1S/C10H8Cl2O3/c11-9-1-6(14-4-7-5-15-7)2-10(12)8(9)3-13/h1-3,7H,4-5H2. The van der Waals surface area contributed by atoms with E-state index in [2.05, 4.69) is 0 Å². The van der Waals surface area contributed by atoms with E-state index in [0.717, 1.165) is 6.61 Å². The lowest BCUT2D eigenvalue weighted by Gasteiger charge is -2.07. The van der Waals surface area contributed by atoms with Gasteiger partial charge in [-0.2, -0.15) is 0 Å². The molecule has 2 rings (SSSR count). The van der Waals surface area contributed by atoms with Crippen LogP contribution in [0.5, 0.6) is 5.75 Å². The molecule has 5 heteroatoms. The summed E-state index contributed by atoms with van der Waals surface area (Å²) in [5.41, 5.74) is 0.286. The van der Waals surface area contributed by atoms with Crippen LogP contribution in [0.3, 0.4) is 0 Å². The van der Waals surface area contributed by atoms with Crippen molar-refractivity contribution in [3.05, 3.63) is 27.7 Å². The molecule has 1 fully saturated rings. The van der Waals surface area contributed by atoms with Crippen LogP contribution in [0.4, 0.5) is 0 Å². The highest BCUT2D eigenvalue weighted by Crippen LogP contribution is 2.29. The minimum atomic E-state index is 0.174. The summed E-state index contributed by atoms with van der Waals surface area (Å²) in [5.74, 6) is 0.547. The monoisotopic (exact) mass is 246 g/mol. The van der Waals surface area contributed by atoms with Crippen molar-refractivity contribution in [2.24, 2.45) is 0 Å². The van der Waals surface area contributed by atoms with Crippen LogP contribution < -0.4 is 4.74 Å². The molecule has 0 amide bonds. The van der Waals surface area contributed by atoms with Gasteiger partial charge < -0.3 is 9.47 Å². The number of hydrogen-bond donors (Lipinski definition) is 0. The van der Waals surface area contributed by atoms with Gasteiger partial charge in [0.1, 0.15) is 18.5 Å². The highest BCUT2D eigenvalue weighted by Gasteiger charge is 2.23. The van der Waals surface area contributed by atoms with Crippen molar-refractivity contribution in [3.8, 4) is 5.75 Å². The minimum Gasteiger partial charge on any atom is -0.491 e. The summed E-state index contributed by atoms with van der Waals surface area (Å²) in [6.07, 6.45) is 0.798. The van der Waals surface area contributed by atoms with Crippen LogP contribution in [0.25, 0.3) is 0 Å². The SMILES string of the molecule is O=Cc1c(Cl)cc(OCC2CO2)cc1Cl. The topological polar surface area (TPSA) is 38.8 Å². The van der Waals surface area contributed by atoms with E-state index in [0.29, 0.717) is 28.7 Å². The molecule has 0 aliphatic carbocycles. The Bertz CT molecular complexity index is 365. The van der Waals surface area contributed by atoms with Crippen molar-refractivity contribution in [3.63, 3.8) is 0 Å². The molecule has 1 aliphatic rings. The molecule has 0 spiro atoms. The summed E-state index contributed by atoms with van der Waals surface area (Å²) in [7, 11) is 0. The highest BCUT2D eigenvalue weighted by atomic mass is 35.5. The minimum absolute atomic E-state index is 0.174. The van der Waals surface area contributed by atoms with Gasteiger partial charge in [-0.25, -0.2) is 0 Å². The first-order valence-electron chi connectivity index (χ1n) is 4.39. The number of epoxide rings is 1. The highest BCUT2D eigenvalue weighted by molar-refractivity contribution is 6.38. The fraction of sp³-hybridized carbons (Fsp3) is 0.300. The first-order valence-corrected chi connectivity index (χ1v) is 5.15. The molecular weight excluding hydrogens is 239 g/mol. The van der Waals surface area contributed by atoms with E-state index in [9.17, 15) is 4.79 Å². The van der Waals surface area contributed by atoms with E-state index in [1.807, 2.05) is 0 Å². The third kappa shape index (κ3) is 2.62. The molecule has 0 radical (unpaired) electrons. The molecule has 0 N–H and O–H groups in total. The fourth-order valence-electron chi connectivity index (χ4n) is 1.11. The van der Waals surface area contributed by atoms with Crippen LogP contribution in [0.2, 0.25) is 10.0 Å². The molecule has 15 heavy (non-hydrogen) atoms. The van der Waals surface area contributed by atoms with Gasteiger partial charge in [0.2, 0.25) is 0 Å². The van der Waals surface area contributed by atoms with E-state index >= 15 is 0 Å². The largest absolute Gasteiger partial charge is 0.491 e. The molecule has 1 aromatic rings. The number of carbonyl (C=O) groups is 1. The molecule has 1 heterocycles. The Hall–Kier alpha value is -0.770. The van der Waals surface area contributed by atoms with Crippen molar-refractivity contribution in [1.29, 1.82) is 0 Å². The normalized spacial score (nSPS) is 18.7. The van der Waals surface area contributed by atoms with Crippen molar-refractivity contribution in [2.45, 2.75) is 6.10 Å². The number of rotatable bonds is 4. The summed E-state index contributed by atoms with van der Waals surface area (Å²) in [6.45, 7) is 1.21. The van der Waals surface area contributed by atoms with Gasteiger partial charge >= 0.3 is 0 Å². The van der Waals surface area contributed by atoms with Crippen LogP contribution in [-0.4, -0.2) is 25.6 Å². The summed E-state index contributed by atoms with van der Waals surface area (Å²) in [5, 5.41) is 0.591. The second kappa shape index (κ2) is 4.39. The van der Waals surface area contributed by atoms with Gasteiger partial charge in [0, 0.05) is 0 Å². The molecule has 0 bridgehead atoms. The van der Waals surface area contributed by atoms with Crippen molar-refractivity contribution in [1.82, 2.24) is 0 Å². The molecule has 80 valence electrons. The predicted octanol–water partition coefficient (Wildman–Crippen LogP) is 2.58. The van der Waals surface area contributed by atoms with Crippen molar-refractivity contribution < 1.29 is 14.3 Å². The number of benzene rings is 1. The molecular formula is C10H8Cl2O3. The quantitative estimate of drug-likeness (QED) is 0.606. The maximum Gasteiger partial charge on any atom is 0.153 e. The van der Waals surface area contributed by atoms with E-state index in [1.165, 1.54) is 0 Å². The predicted molar refractivity (Wildman–Crippen MR) is 57.1 cm³/mol. The Morgan fingerprint density at radius 3 is 2.53 bits per heavy atom. The molecule has 0 saturated carbocycles. The Morgan fingerprint density at radius 2 is 2.07 bits per heavy atom. The molecule has 1 aromatic carbocycles. The summed E-state index contributed by atoms with van der Waals surface area (Å²) in [6, 6.07) is 3.14. The average Bonchev–Trinajstić information content (AvgIpc) is 2.97. The first kappa shape index (κ1) is 10.7. The number of aldehydes is 1. The van der Waals surface area contributed by atoms with E-state index < -0.39 is 0 Å². The first-order chi connectivity index (χ1) is 7.20. The summed E-state index contributed by atoms with van der Waals surface area (Å²) >= 11 is 11.7. The van der Waals surface area contributed by atoms with Crippen LogP contribution in [0.15, 0.2) is 12.1 Å². The maximum atomic E-state index is 10.6. The summed E-state index contributed by atoms with van der Waals surface area (Å²) in [4.78, 5) is 10.6. The van der Waals surface area contributed by atoms with Gasteiger partial charge in [-0.15, -0.1) is 0 Å². The molecule has 1 atom stereocenters. The van der Waals surface area contributed by atoms with Crippen LogP contribution in [-0.2, 0) is 4.74 Å². The maximum absolute atomic E-state index is 10.6. The van der Waals surface area contributed by atoms with E-state index in [1.54, 1.807) is 12.1 Å². The Balaban J connectivity index is 2.14. The zero-order valence-electron chi connectivity index (χ0n) is 7.70. The Kier molecular flexibility index (Phi) is 3.14. The third-order valence-electron chi connectivity index (χ3n) is 2.01. The van der Waals surface area contributed by atoms with Crippen molar-refractivity contribution in [2.75, 3.05) is 13.2 Å². The zero-order chi connectivity index (χ0) is 10.8. The van der Waals surface area contributed by atoms with E-state index in [4.69, 9.17) is 32.7 Å². The van der Waals surface area contributed by atoms with Gasteiger partial charge in [0.25, 0.3) is 0 Å². The Labute approximate surface area is 96.9 Å². The second-order valence-corrected chi connectivity index (χ2v) is 4.00. The number of ether oxygens (including phenoxy) is 2. The molecule has 1 saturated heterocycles.